The molecule has 1 aromatic rings. The van der Waals surface area contributed by atoms with E-state index in [1.54, 1.807) is 6.08 Å². The molecule has 3 saturated carbocycles. The summed E-state index contributed by atoms with van der Waals surface area (Å²) >= 11 is 0. The van der Waals surface area contributed by atoms with Gasteiger partial charge < -0.3 is 5.32 Å². The number of nitriles is 2. The van der Waals surface area contributed by atoms with Crippen LogP contribution in [-0.4, -0.2) is 23.0 Å². The monoisotopic (exact) mass is 603 g/mol. The van der Waals surface area contributed by atoms with Crippen molar-refractivity contribution >= 4 is 23.5 Å². The summed E-state index contributed by atoms with van der Waals surface area (Å²) in [7, 11) is 0. The lowest BCUT2D eigenvalue weighted by Gasteiger charge is -2.64. The molecule has 234 valence electrons. The van der Waals surface area contributed by atoms with Crippen molar-refractivity contribution in [2.75, 3.05) is 0 Å². The van der Waals surface area contributed by atoms with Gasteiger partial charge in [0.1, 0.15) is 17.7 Å². The summed E-state index contributed by atoms with van der Waals surface area (Å²) in [5, 5.41) is 23.2. The maximum absolute atomic E-state index is 14.5. The highest BCUT2D eigenvalue weighted by Crippen LogP contribution is 2.68. The molecule has 0 aromatic heterocycles. The zero-order chi connectivity index (χ0) is 32.5. The molecule has 6 nitrogen and oxygen atoms in total. The summed E-state index contributed by atoms with van der Waals surface area (Å²) in [5.74, 6) is -0.710. The minimum Gasteiger partial charge on any atom is -0.346 e. The largest absolute Gasteiger partial charge is 0.346 e. The Kier molecular flexibility index (Phi) is 7.39. The Morgan fingerprint density at radius 3 is 2.31 bits per heavy atom. The molecule has 0 aliphatic heterocycles. The third-order valence-corrected chi connectivity index (χ3v) is 12.8. The van der Waals surface area contributed by atoms with Crippen molar-refractivity contribution in [2.45, 2.75) is 92.0 Å². The van der Waals surface area contributed by atoms with E-state index in [0.29, 0.717) is 0 Å². The number of aryl methyl sites for hydroxylation is 1. The van der Waals surface area contributed by atoms with Gasteiger partial charge in [-0.05, 0) is 98.2 Å². The summed E-state index contributed by atoms with van der Waals surface area (Å²) in [4.78, 5) is 41.3. The van der Waals surface area contributed by atoms with Gasteiger partial charge in [0.2, 0.25) is 0 Å². The maximum Gasteiger partial charge on any atom is 0.262 e. The molecule has 8 atom stereocenters. The molecule has 0 spiro atoms. The van der Waals surface area contributed by atoms with Crippen LogP contribution in [0, 0.1) is 75.4 Å². The zero-order valence-corrected chi connectivity index (χ0v) is 27.5. The molecule has 0 radical (unpaired) electrons. The molecule has 3 fully saturated rings. The number of amides is 1. The first-order chi connectivity index (χ1) is 21.2. The van der Waals surface area contributed by atoms with Gasteiger partial charge in [-0.15, -0.1) is 0 Å². The second-order valence-corrected chi connectivity index (χ2v) is 16.0. The van der Waals surface area contributed by atoms with Gasteiger partial charge in [0.15, 0.2) is 11.6 Å². The number of allylic oxidation sites excluding steroid dienone is 4. The molecule has 8 unspecified atom stereocenters. The summed E-state index contributed by atoms with van der Waals surface area (Å²) in [5.41, 5.74) is 1.98. The first-order valence-corrected chi connectivity index (χ1v) is 16.6. The van der Waals surface area contributed by atoms with E-state index in [-0.39, 0.29) is 69.0 Å². The lowest BCUT2D eigenvalue weighted by molar-refractivity contribution is -0.143. The molecule has 45 heavy (non-hydrogen) atoms. The second kappa shape index (κ2) is 10.7. The minimum absolute atomic E-state index is 0.0228. The minimum atomic E-state index is -0.560. The molecular weight excluding hydrogens is 558 g/mol. The molecule has 1 aromatic carbocycles. The number of nitrogens with zero attached hydrogens (tertiary/aromatic N) is 2. The standard InChI is InChI=1S/C39H45N3O3/c1-23-7-9-25(10-8-23)17-26(21-40)35(45)42-39-14-12-29-33(30(39)20-36(3,4)15-16-39)31(43)18-32-37(29,5)13-11-28-24(2)34(44)27(22-41)19-38(28,32)6/h7-10,17-19,24,28-30,33H,11-16,20H2,1-6H3,(H,42,45)/b26-17+. The highest BCUT2D eigenvalue weighted by atomic mass is 16.2. The number of Topliss-reactive ketones (excluding diaryl/α,β-unsaturated/α-hetero) is 1. The summed E-state index contributed by atoms with van der Waals surface area (Å²) in [6, 6.07) is 12.0. The number of nitrogens with one attached hydrogen (secondary N) is 1. The number of rotatable bonds is 3. The highest BCUT2D eigenvalue weighted by molar-refractivity contribution is 6.03. The number of carbonyl (C=O) groups excluding carboxylic acids is 3. The smallest absolute Gasteiger partial charge is 0.262 e. The number of ketones is 2. The number of fused-ring (bicyclic) bond motifs is 7. The molecule has 0 bridgehead atoms. The van der Waals surface area contributed by atoms with E-state index in [2.05, 4.69) is 45.2 Å². The van der Waals surface area contributed by atoms with Gasteiger partial charge in [-0.1, -0.05) is 76.1 Å². The van der Waals surface area contributed by atoms with Crippen molar-refractivity contribution in [1.82, 2.24) is 5.32 Å². The Morgan fingerprint density at radius 1 is 0.956 bits per heavy atom. The maximum atomic E-state index is 14.5. The van der Waals surface area contributed by atoms with Crippen LogP contribution in [0.3, 0.4) is 0 Å². The Balaban J connectivity index is 1.39. The van der Waals surface area contributed by atoms with Crippen LogP contribution in [-0.2, 0) is 14.4 Å². The predicted octanol–water partition coefficient (Wildman–Crippen LogP) is 7.21. The lowest BCUT2D eigenvalue weighted by Crippen LogP contribution is -2.66. The van der Waals surface area contributed by atoms with Gasteiger partial charge in [0.05, 0.1) is 5.57 Å². The Morgan fingerprint density at radius 2 is 1.64 bits per heavy atom. The van der Waals surface area contributed by atoms with Gasteiger partial charge in [-0.3, -0.25) is 14.4 Å². The first kappa shape index (κ1) is 31.2. The van der Waals surface area contributed by atoms with E-state index >= 15 is 0 Å². The van der Waals surface area contributed by atoms with Crippen molar-refractivity contribution in [3.63, 3.8) is 0 Å². The Hall–Kier alpha value is -3.77. The third kappa shape index (κ3) is 4.84. The van der Waals surface area contributed by atoms with Gasteiger partial charge in [-0.2, -0.15) is 10.5 Å². The lowest BCUT2D eigenvalue weighted by atomic mass is 9.40. The van der Waals surface area contributed by atoms with Gasteiger partial charge in [0, 0.05) is 22.8 Å². The van der Waals surface area contributed by atoms with E-state index in [9.17, 15) is 24.9 Å². The highest BCUT2D eigenvalue weighted by Gasteiger charge is 2.64. The van der Waals surface area contributed by atoms with Crippen LogP contribution >= 0.6 is 0 Å². The second-order valence-electron chi connectivity index (χ2n) is 16.0. The fourth-order valence-corrected chi connectivity index (χ4v) is 10.4. The Bertz CT molecular complexity index is 1650. The number of benzene rings is 1. The average molecular weight is 604 g/mol. The van der Waals surface area contributed by atoms with E-state index in [4.69, 9.17) is 0 Å². The van der Waals surface area contributed by atoms with E-state index in [1.165, 1.54) is 0 Å². The van der Waals surface area contributed by atoms with Crippen LogP contribution in [0.5, 0.6) is 0 Å². The van der Waals surface area contributed by atoms with Crippen molar-refractivity contribution in [3.05, 3.63) is 64.3 Å². The van der Waals surface area contributed by atoms with Gasteiger partial charge >= 0.3 is 0 Å². The first-order valence-electron chi connectivity index (χ1n) is 16.6. The van der Waals surface area contributed by atoms with Crippen LogP contribution in [0.4, 0.5) is 0 Å². The Labute approximate surface area is 267 Å². The van der Waals surface area contributed by atoms with Crippen molar-refractivity contribution in [1.29, 1.82) is 10.5 Å². The SMILES string of the molecule is Cc1ccc(/C=C(\C#N)C(=O)NC23CCC4C(C(=O)C=C5C6(C)C=C(C#N)C(=O)C(C)C6CCC54C)C2CC(C)(C)CC3)cc1. The molecule has 5 aliphatic carbocycles. The van der Waals surface area contributed by atoms with E-state index in [0.717, 1.165) is 61.6 Å². The van der Waals surface area contributed by atoms with Gasteiger partial charge in [0.25, 0.3) is 5.91 Å². The fraction of sp³-hybridized carbons (Fsp3) is 0.564. The normalized spacial score (nSPS) is 38.6. The van der Waals surface area contributed by atoms with Crippen LogP contribution in [0.1, 0.15) is 90.7 Å². The van der Waals surface area contributed by atoms with Crippen LogP contribution < -0.4 is 5.32 Å². The number of hydrogen-bond acceptors (Lipinski definition) is 5. The molecule has 1 N–H and O–H groups in total. The predicted molar refractivity (Wildman–Crippen MR) is 173 cm³/mol. The van der Waals surface area contributed by atoms with Crippen LogP contribution in [0.25, 0.3) is 6.08 Å². The van der Waals surface area contributed by atoms with Crippen LogP contribution in [0.15, 0.2) is 53.1 Å². The molecule has 5 aliphatic rings. The van der Waals surface area contributed by atoms with E-state index < -0.39 is 11.0 Å². The fourth-order valence-electron chi connectivity index (χ4n) is 10.4. The number of hydrogen-bond donors (Lipinski definition) is 1. The average Bonchev–Trinajstić information content (AvgIpc) is 2.99. The molecular formula is C39H45N3O3. The summed E-state index contributed by atoms with van der Waals surface area (Å²) in [6.07, 6.45) is 11.3. The van der Waals surface area contributed by atoms with Crippen molar-refractivity contribution in [2.24, 2.45) is 45.8 Å². The van der Waals surface area contributed by atoms with Gasteiger partial charge in [-0.25, -0.2) is 0 Å². The summed E-state index contributed by atoms with van der Waals surface area (Å²) < 4.78 is 0. The van der Waals surface area contributed by atoms with Crippen molar-refractivity contribution < 1.29 is 14.4 Å². The van der Waals surface area contributed by atoms with Crippen LogP contribution in [0.2, 0.25) is 0 Å². The molecule has 6 heteroatoms. The molecule has 1 amide bonds. The quantitative estimate of drug-likeness (QED) is 0.290. The third-order valence-electron chi connectivity index (χ3n) is 12.8. The number of carbonyl (C=O) groups is 3. The molecule has 0 heterocycles. The molecule has 6 rings (SSSR count). The van der Waals surface area contributed by atoms with E-state index in [1.807, 2.05) is 50.3 Å². The zero-order valence-electron chi connectivity index (χ0n) is 27.5. The topological polar surface area (TPSA) is 111 Å². The summed E-state index contributed by atoms with van der Waals surface area (Å²) in [6.45, 7) is 12.9. The molecule has 0 saturated heterocycles. The van der Waals surface area contributed by atoms with Crippen molar-refractivity contribution in [3.8, 4) is 12.1 Å².